The van der Waals surface area contributed by atoms with E-state index in [9.17, 15) is 0 Å². The van der Waals surface area contributed by atoms with E-state index in [0.717, 1.165) is 155 Å². The minimum Gasteiger partial charge on any atom is -0.456 e. The molecule has 0 saturated carbocycles. The van der Waals surface area contributed by atoms with E-state index in [-0.39, 0.29) is 0 Å². The van der Waals surface area contributed by atoms with Crippen LogP contribution in [0.15, 0.2) is 406 Å². The number of aromatic nitrogens is 4. The fourth-order valence-corrected chi connectivity index (χ4v) is 20.1. The summed E-state index contributed by atoms with van der Waals surface area (Å²) < 4.78 is 35.5. The molecule has 8 nitrogen and oxygen atoms in total. The fourth-order valence-electron chi connectivity index (χ4n) is 20.1. The number of rotatable bonds is 6. The molecule has 8 heteroatoms. The van der Waals surface area contributed by atoms with Gasteiger partial charge >= 0.3 is 0 Å². The number of furan rings is 4. The van der Waals surface area contributed by atoms with Crippen LogP contribution < -0.4 is 0 Å². The minimum absolute atomic E-state index is 0.890. The second-order valence-electron chi connectivity index (χ2n) is 32.2. The van der Waals surface area contributed by atoms with Gasteiger partial charge in [0.15, 0.2) is 0 Å². The van der Waals surface area contributed by atoms with Crippen LogP contribution in [0, 0.1) is 0 Å². The molecule has 20 aromatic carbocycles. The highest BCUT2D eigenvalue weighted by Crippen LogP contribution is 2.48. The Morgan fingerprint density at radius 1 is 0.133 bits per heavy atom. The van der Waals surface area contributed by atoms with Crippen molar-refractivity contribution in [3.05, 3.63) is 388 Å². The maximum Gasteiger partial charge on any atom is 0.137 e. The van der Waals surface area contributed by atoms with Crippen LogP contribution in [0.25, 0.3) is 263 Å². The first-order valence-electron chi connectivity index (χ1n) is 41.0. The molecule has 0 radical (unpaired) electrons. The van der Waals surface area contributed by atoms with Crippen LogP contribution in [0.5, 0.6) is 0 Å². The molecule has 0 fully saturated rings. The van der Waals surface area contributed by atoms with Crippen molar-refractivity contribution >= 4 is 218 Å². The fraction of sp³-hybridized carbons (Fsp3) is 0. The van der Waals surface area contributed by atoms with E-state index in [1.165, 1.54) is 108 Å². The molecule has 0 aliphatic heterocycles. The molecule has 0 aliphatic carbocycles. The standard InChI is InChI=1S/2C56H32N2O2/c1-3-11-35-25-39(21-17-33(35)9-1)57-49-23-19-37(27-43(49)45-29-47-41-13-5-7-15-53(41)59-55(47)31-51(45)57)38-20-24-50-44(28-38)46-30-48-42-14-6-8-16-54(42)60-56(48)32-52(46)58(50)40-22-18-34-10-2-4-12-36(34)26-40;1-2-12-35-26-38(23-20-33(35)10-1)57-49-24-21-36(27-42(49)44-29-46-40-15-5-7-18-53(40)59-55(46)31-51(44)57)37-22-25-50-43(28-37)45-30-47-41-16-6-8-19-54(41)60-56(47)32-52(45)58(50)48-17-9-13-34-11-3-4-14-39(34)48/h2*1-32H. The summed E-state index contributed by atoms with van der Waals surface area (Å²) in [5.74, 6) is 0. The third-order valence-corrected chi connectivity index (χ3v) is 25.7. The molecule has 28 rings (SSSR count). The van der Waals surface area contributed by atoms with E-state index in [1.54, 1.807) is 0 Å². The molecule has 0 spiro atoms. The molecular formula is C112H64N4O4. The summed E-state index contributed by atoms with van der Waals surface area (Å²) in [7, 11) is 0. The zero-order valence-corrected chi connectivity index (χ0v) is 64.4. The van der Waals surface area contributed by atoms with Gasteiger partial charge in [-0.1, -0.05) is 224 Å². The molecular weight excluding hydrogens is 1470 g/mol. The summed E-state index contributed by atoms with van der Waals surface area (Å²) >= 11 is 0. The third-order valence-electron chi connectivity index (χ3n) is 25.7. The van der Waals surface area contributed by atoms with Gasteiger partial charge in [0, 0.05) is 133 Å². The van der Waals surface area contributed by atoms with Gasteiger partial charge in [-0.05, 0) is 199 Å². The predicted molar refractivity (Wildman–Crippen MR) is 500 cm³/mol. The van der Waals surface area contributed by atoms with Crippen molar-refractivity contribution in [2.24, 2.45) is 0 Å². The number of para-hydroxylation sites is 4. The van der Waals surface area contributed by atoms with Crippen LogP contribution in [-0.2, 0) is 0 Å². The minimum atomic E-state index is 0.890. The summed E-state index contributed by atoms with van der Waals surface area (Å²) in [6.07, 6.45) is 0. The van der Waals surface area contributed by atoms with Crippen LogP contribution in [0.2, 0.25) is 0 Å². The van der Waals surface area contributed by atoms with Crippen molar-refractivity contribution in [3.63, 3.8) is 0 Å². The van der Waals surface area contributed by atoms with E-state index < -0.39 is 0 Å². The number of nitrogens with zero attached hydrogens (tertiary/aromatic N) is 4. The lowest BCUT2D eigenvalue weighted by Gasteiger charge is -2.12. The third kappa shape index (κ3) is 9.58. The molecule has 0 aliphatic rings. The average molecular weight is 1530 g/mol. The molecule has 8 aromatic heterocycles. The van der Waals surface area contributed by atoms with E-state index in [1.807, 2.05) is 24.3 Å². The molecule has 0 saturated heterocycles. The molecule has 0 atom stereocenters. The Bertz CT molecular complexity index is 9070. The smallest absolute Gasteiger partial charge is 0.137 e. The lowest BCUT2D eigenvalue weighted by Crippen LogP contribution is -1.95. The maximum atomic E-state index is 6.48. The van der Waals surface area contributed by atoms with Gasteiger partial charge in [0.05, 0.1) is 49.8 Å². The monoisotopic (exact) mass is 1530 g/mol. The second-order valence-corrected chi connectivity index (χ2v) is 32.2. The summed E-state index contributed by atoms with van der Waals surface area (Å²) in [6, 6.07) is 141. The first kappa shape index (κ1) is 65.1. The normalized spacial score (nSPS) is 12.3. The number of hydrogen-bond acceptors (Lipinski definition) is 4. The highest BCUT2D eigenvalue weighted by Gasteiger charge is 2.25. The van der Waals surface area contributed by atoms with E-state index in [0.29, 0.717) is 0 Å². The molecule has 0 unspecified atom stereocenters. The lowest BCUT2D eigenvalue weighted by atomic mass is 10.00. The molecule has 0 bridgehead atoms. The van der Waals surface area contributed by atoms with Crippen molar-refractivity contribution in [2.45, 2.75) is 0 Å². The maximum absolute atomic E-state index is 6.48. The zero-order chi connectivity index (χ0) is 78.1. The zero-order valence-electron chi connectivity index (χ0n) is 64.4. The number of hydrogen-bond donors (Lipinski definition) is 0. The molecule has 556 valence electrons. The van der Waals surface area contributed by atoms with Gasteiger partial charge < -0.3 is 35.9 Å². The van der Waals surface area contributed by atoms with Crippen molar-refractivity contribution < 1.29 is 17.7 Å². The van der Waals surface area contributed by atoms with Crippen LogP contribution in [0.4, 0.5) is 0 Å². The first-order valence-corrected chi connectivity index (χ1v) is 41.0. The van der Waals surface area contributed by atoms with Gasteiger partial charge in [0.2, 0.25) is 0 Å². The largest absolute Gasteiger partial charge is 0.456 e. The predicted octanol–water partition coefficient (Wildman–Crippen LogP) is 31.3. The molecule has 120 heavy (non-hydrogen) atoms. The number of benzene rings is 20. The van der Waals surface area contributed by atoms with Crippen molar-refractivity contribution in [1.29, 1.82) is 0 Å². The van der Waals surface area contributed by atoms with E-state index in [2.05, 4.69) is 382 Å². The van der Waals surface area contributed by atoms with Crippen molar-refractivity contribution in [3.8, 4) is 45.0 Å². The van der Waals surface area contributed by atoms with Crippen LogP contribution in [-0.4, -0.2) is 18.3 Å². The molecule has 0 amide bonds. The molecule has 28 aromatic rings. The Morgan fingerprint density at radius 2 is 0.392 bits per heavy atom. The second kappa shape index (κ2) is 24.7. The van der Waals surface area contributed by atoms with Gasteiger partial charge in [0.1, 0.15) is 44.7 Å². The van der Waals surface area contributed by atoms with Crippen LogP contribution >= 0.6 is 0 Å². The molecule has 8 heterocycles. The Balaban J connectivity index is 0.000000127. The lowest BCUT2D eigenvalue weighted by molar-refractivity contribution is 0.669. The Kier molecular flexibility index (Phi) is 13.4. The number of fused-ring (bicyclic) bond motifs is 28. The molecule has 0 N–H and O–H groups in total. The average Bonchev–Trinajstić information content (AvgIpc) is 1.57. The van der Waals surface area contributed by atoms with Crippen molar-refractivity contribution in [1.82, 2.24) is 18.3 Å². The van der Waals surface area contributed by atoms with Gasteiger partial charge in [-0.25, -0.2) is 0 Å². The Labute approximate surface area is 682 Å². The highest BCUT2D eigenvalue weighted by atomic mass is 16.3. The van der Waals surface area contributed by atoms with Crippen molar-refractivity contribution in [2.75, 3.05) is 0 Å². The van der Waals surface area contributed by atoms with Gasteiger partial charge in [-0.3, -0.25) is 0 Å². The van der Waals surface area contributed by atoms with Gasteiger partial charge in [0.25, 0.3) is 0 Å². The Morgan fingerprint density at radius 3 is 0.725 bits per heavy atom. The van der Waals surface area contributed by atoms with E-state index >= 15 is 0 Å². The first-order chi connectivity index (χ1) is 59.4. The highest BCUT2D eigenvalue weighted by molar-refractivity contribution is 6.24. The van der Waals surface area contributed by atoms with Crippen LogP contribution in [0.3, 0.4) is 0 Å². The van der Waals surface area contributed by atoms with Gasteiger partial charge in [-0.2, -0.15) is 0 Å². The summed E-state index contributed by atoms with van der Waals surface area (Å²) in [6.45, 7) is 0. The topological polar surface area (TPSA) is 72.3 Å². The summed E-state index contributed by atoms with van der Waals surface area (Å²) in [5.41, 5.74) is 25.5. The van der Waals surface area contributed by atoms with E-state index in [4.69, 9.17) is 17.7 Å². The van der Waals surface area contributed by atoms with Gasteiger partial charge in [-0.15, -0.1) is 0 Å². The summed E-state index contributed by atoms with van der Waals surface area (Å²) in [4.78, 5) is 0. The van der Waals surface area contributed by atoms with Crippen LogP contribution in [0.1, 0.15) is 0 Å². The Hall–Kier alpha value is -16.2. The summed E-state index contributed by atoms with van der Waals surface area (Å²) in [5, 5.41) is 28.3. The quantitative estimate of drug-likeness (QED) is 0.166. The SMILES string of the molecule is c1ccc2cc(-n3c4ccc(-c5ccc6c(c5)c5cc7c(cc5n6-c5ccc6ccccc6c5)oc5ccccc57)cc4c4cc5c(cc43)oc3ccccc35)ccc2c1.c1ccc2cc(-n3c4ccc(-c5ccc6c(c5)c5cc7c(cc5n6-c5cccc6ccccc56)oc5ccccc57)cc4c4cc5c(cc43)oc3ccccc35)ccc2c1.